The number of ketones is 2. The number of aromatic hydroxyl groups is 1. The Morgan fingerprint density at radius 3 is 2.15 bits per heavy atom. The fourth-order valence-corrected chi connectivity index (χ4v) is 7.23. The zero-order valence-electron chi connectivity index (χ0n) is 28.0. The van der Waals surface area contributed by atoms with E-state index in [-0.39, 0.29) is 16.8 Å². The summed E-state index contributed by atoms with van der Waals surface area (Å²) in [5, 5.41) is 98.4. The normalized spacial score (nSPS) is 27.6. The number of primary amides is 1. The summed E-state index contributed by atoms with van der Waals surface area (Å²) in [5.41, 5.74) is -1.71. The fourth-order valence-electron chi connectivity index (χ4n) is 7.10. The number of nitrogens with two attached hydrogens (primary N) is 1. The molecule has 3 aliphatic rings. The first-order valence-electron chi connectivity index (χ1n) is 15.6. The zero-order valence-corrected chi connectivity index (χ0v) is 29.6. The highest BCUT2D eigenvalue weighted by atomic mass is 35.5. The molecule has 0 aromatic heterocycles. The van der Waals surface area contributed by atoms with E-state index in [2.05, 4.69) is 5.32 Å². The Kier molecular flexibility index (Phi) is 11.6. The molecule has 2 aromatic carbocycles. The average Bonchev–Trinajstić information content (AvgIpc) is 3.08. The molecule has 0 aliphatic heterocycles. The van der Waals surface area contributed by atoms with Crippen LogP contribution in [0, 0.1) is 22.0 Å². The Labute approximate surface area is 310 Å². The third-order valence-electron chi connectivity index (χ3n) is 9.59. The van der Waals surface area contributed by atoms with Crippen LogP contribution in [-0.2, 0) is 20.0 Å². The van der Waals surface area contributed by atoms with Gasteiger partial charge in [0, 0.05) is 12.1 Å². The van der Waals surface area contributed by atoms with E-state index in [1.807, 2.05) is 0 Å². The van der Waals surface area contributed by atoms with E-state index >= 15 is 0 Å². The summed E-state index contributed by atoms with van der Waals surface area (Å²) >= 11 is 10.7. The molecule has 0 spiro atoms. The molecule has 2 amide bonds. The Balaban J connectivity index is 0.000000269. The van der Waals surface area contributed by atoms with E-state index in [4.69, 9.17) is 34.0 Å². The first-order chi connectivity index (χ1) is 24.6. The smallest absolute Gasteiger partial charge is 0.269 e. The number of nitrogens with one attached hydrogen (secondary N) is 1. The number of aliphatic hydroxyl groups excluding tert-OH is 5. The van der Waals surface area contributed by atoms with E-state index in [0.29, 0.717) is 5.56 Å². The summed E-state index contributed by atoms with van der Waals surface area (Å²) in [7, 11) is 2.85. The van der Waals surface area contributed by atoms with E-state index in [1.54, 1.807) is 0 Å². The molecule has 0 fully saturated rings. The number of amides is 2. The molecule has 0 radical (unpaired) electrons. The van der Waals surface area contributed by atoms with Gasteiger partial charge >= 0.3 is 0 Å². The highest BCUT2D eigenvalue weighted by molar-refractivity contribution is 6.53. The van der Waals surface area contributed by atoms with Gasteiger partial charge in [0.25, 0.3) is 17.5 Å². The van der Waals surface area contributed by atoms with Crippen LogP contribution in [0.25, 0.3) is 0 Å². The van der Waals surface area contributed by atoms with Crippen molar-refractivity contribution >= 4 is 52.3 Å². The van der Waals surface area contributed by atoms with Crippen molar-refractivity contribution in [2.45, 2.75) is 47.3 Å². The van der Waals surface area contributed by atoms with E-state index in [0.717, 1.165) is 0 Å². The molecule has 286 valence electrons. The summed E-state index contributed by atoms with van der Waals surface area (Å²) in [5.74, 6) is -10.4. The molecule has 0 heterocycles. The van der Waals surface area contributed by atoms with E-state index in [9.17, 15) is 65.0 Å². The predicted molar refractivity (Wildman–Crippen MR) is 183 cm³/mol. The van der Waals surface area contributed by atoms with Crippen LogP contribution in [0.4, 0.5) is 5.69 Å². The van der Waals surface area contributed by atoms with Crippen molar-refractivity contribution in [3.8, 4) is 5.75 Å². The number of phenols is 1. The van der Waals surface area contributed by atoms with Crippen molar-refractivity contribution < 1.29 is 65.0 Å². The quantitative estimate of drug-likeness (QED) is 0.0709. The Morgan fingerprint density at radius 1 is 1.08 bits per heavy atom. The molecule has 0 bridgehead atoms. The number of alkyl halides is 2. The number of Topliss-reactive ketones (excluding diaryl/α,β-unsaturated/α-hetero) is 2. The van der Waals surface area contributed by atoms with Crippen LogP contribution in [0.15, 0.2) is 65.1 Å². The van der Waals surface area contributed by atoms with Gasteiger partial charge in [-0.3, -0.25) is 34.2 Å². The van der Waals surface area contributed by atoms with Crippen molar-refractivity contribution in [2.24, 2.45) is 17.6 Å². The summed E-state index contributed by atoms with van der Waals surface area (Å²) < 4.78 is 0. The second-order valence-electron chi connectivity index (χ2n) is 13.0. The number of benzene rings is 2. The lowest BCUT2D eigenvalue weighted by Crippen LogP contribution is -2.70. The number of aliphatic hydroxyl groups is 7. The van der Waals surface area contributed by atoms with Gasteiger partial charge in [-0.1, -0.05) is 35.3 Å². The number of fused-ring (bicyclic) bond motifs is 3. The summed E-state index contributed by atoms with van der Waals surface area (Å²) in [6.07, 6.45) is -3.12. The van der Waals surface area contributed by atoms with Crippen molar-refractivity contribution in [1.29, 1.82) is 0 Å². The SMILES string of the molecule is CN(C)[C@@H]1C(O)=C(C(N)=O)C(=O)[C@@]2(O)C(O)=C3C(=O)c4c(O)cccc4[C@@](C)(O)[C@H]3[C@H](O)[C@@H]12.O=C(N[C@H](CO)[C@H](O)c1ccc([N+](=O)[O-])cc1)C(Cl)Cl. The third-order valence-corrected chi connectivity index (χ3v) is 9.98. The largest absolute Gasteiger partial charge is 0.510 e. The number of hydrogen-bond donors (Lipinski definition) is 10. The van der Waals surface area contributed by atoms with Gasteiger partial charge < -0.3 is 51.9 Å². The zero-order chi connectivity index (χ0) is 40.1. The molecule has 18 nitrogen and oxygen atoms in total. The first kappa shape index (κ1) is 41.1. The molecule has 5 rings (SSSR count). The molecule has 0 saturated carbocycles. The Bertz CT molecular complexity index is 1910. The maximum atomic E-state index is 13.3. The average molecular weight is 784 g/mol. The molecule has 2 aromatic rings. The van der Waals surface area contributed by atoms with Gasteiger partial charge in [-0.25, -0.2) is 0 Å². The van der Waals surface area contributed by atoms with Gasteiger partial charge in [0.15, 0.2) is 16.2 Å². The molecule has 0 unspecified atom stereocenters. The molecule has 0 saturated heterocycles. The molecule has 8 atom stereocenters. The van der Waals surface area contributed by atoms with Crippen LogP contribution in [0.5, 0.6) is 5.75 Å². The highest BCUT2D eigenvalue weighted by Crippen LogP contribution is 2.56. The molecule has 53 heavy (non-hydrogen) atoms. The molecule has 3 aliphatic carbocycles. The Morgan fingerprint density at radius 2 is 1.66 bits per heavy atom. The van der Waals surface area contributed by atoms with Crippen molar-refractivity contribution in [3.63, 3.8) is 0 Å². The molecule has 11 N–H and O–H groups in total. The topological polar surface area (TPSA) is 315 Å². The minimum atomic E-state index is -3.02. The maximum Gasteiger partial charge on any atom is 0.269 e. The number of nitro groups is 1. The van der Waals surface area contributed by atoms with Gasteiger partial charge in [0.2, 0.25) is 5.78 Å². The minimum Gasteiger partial charge on any atom is -0.510 e. The lowest BCUT2D eigenvalue weighted by Gasteiger charge is -2.55. The predicted octanol–water partition coefficient (Wildman–Crippen LogP) is -0.335. The molecular weight excluding hydrogens is 747 g/mol. The highest BCUT2D eigenvalue weighted by Gasteiger charge is 2.69. The van der Waals surface area contributed by atoms with Crippen molar-refractivity contribution in [2.75, 3.05) is 20.7 Å². The van der Waals surface area contributed by atoms with Gasteiger partial charge in [-0.15, -0.1) is 0 Å². The number of non-ortho nitro benzene ring substituents is 1. The number of nitrogens with zero attached hydrogens (tertiary/aromatic N) is 2. The monoisotopic (exact) mass is 782 g/mol. The van der Waals surface area contributed by atoms with E-state index in [1.165, 1.54) is 68.4 Å². The molecular formula is C33H36Cl2N4O14. The van der Waals surface area contributed by atoms with Crippen LogP contribution in [0.3, 0.4) is 0 Å². The maximum absolute atomic E-state index is 13.3. The van der Waals surface area contributed by atoms with Gasteiger partial charge in [0.05, 0.1) is 58.3 Å². The summed E-state index contributed by atoms with van der Waals surface area (Å²) in [6.45, 7) is 0.702. The first-order valence-corrected chi connectivity index (χ1v) is 16.4. The second-order valence-corrected chi connectivity index (χ2v) is 14.0. The number of nitro benzene ring substituents is 1. The van der Waals surface area contributed by atoms with E-state index < -0.39 is 115 Å². The van der Waals surface area contributed by atoms with Gasteiger partial charge in [-0.2, -0.15) is 0 Å². The van der Waals surface area contributed by atoms with Gasteiger partial charge in [-0.05, 0) is 50.3 Å². The number of halogens is 2. The number of carbonyl (C=O) groups excluding carboxylic acids is 4. The summed E-state index contributed by atoms with van der Waals surface area (Å²) in [6, 6.07) is 6.59. The van der Waals surface area contributed by atoms with Crippen LogP contribution in [0.1, 0.15) is 34.5 Å². The number of likely N-dealkylation sites (N-methyl/N-ethyl adjacent to an activating group) is 1. The Hall–Kier alpha value is -4.66. The molecule has 20 heteroatoms. The number of carbonyl (C=O) groups is 4. The van der Waals surface area contributed by atoms with Crippen LogP contribution in [0.2, 0.25) is 0 Å². The van der Waals surface area contributed by atoms with Crippen molar-refractivity contribution in [1.82, 2.24) is 10.2 Å². The number of rotatable bonds is 8. The van der Waals surface area contributed by atoms with Crippen LogP contribution in [-0.4, -0.2) is 123 Å². The third kappa shape index (κ3) is 6.83. The fraction of sp³-hybridized carbons (Fsp3) is 0.394. The van der Waals surface area contributed by atoms with Gasteiger partial charge in [0.1, 0.15) is 28.9 Å². The lowest BCUT2D eigenvalue weighted by atomic mass is 9.54. The van der Waals surface area contributed by atoms with Crippen LogP contribution >= 0.6 is 23.2 Å². The second kappa shape index (κ2) is 15.0. The van der Waals surface area contributed by atoms with Crippen molar-refractivity contribution in [3.05, 3.63) is 91.9 Å². The number of phenolic OH excluding ortho intramolecular Hbond substituents is 1. The lowest BCUT2D eigenvalue weighted by molar-refractivity contribution is -0.384. The summed E-state index contributed by atoms with van der Waals surface area (Å²) in [4.78, 5) is 59.7. The number of hydrogen-bond acceptors (Lipinski definition) is 15. The van der Waals surface area contributed by atoms with Crippen LogP contribution < -0.4 is 11.1 Å². The minimum absolute atomic E-state index is 0.0281. The standard InChI is InChI=1S/C22H24N2O9.C11H12Cl2N2O5/c1-21(32)7-5-4-6-8(25)9(7)15(26)10-12(21)17(28)13-14(24(2)3)16(27)11(20(23)31)19(30)22(13,33)18(10)29;12-10(13)11(18)14-8(5-16)9(17)6-1-3-7(4-2-6)15(19)20/h4-6,12-14,17,25,27-29,32-33H,1-3H3,(H2,23,31);1-4,8-10,16-17H,5H2,(H,14,18)/t12-,13-,14+,17+,21-,22+;8-,9-/m11/s1.